The zero-order valence-corrected chi connectivity index (χ0v) is 17.5. The largest absolute Gasteiger partial charge is 0.476 e. The topological polar surface area (TPSA) is 181 Å². The van der Waals surface area contributed by atoms with Gasteiger partial charge in [-0.1, -0.05) is 13.8 Å². The number of hydrogen-bond acceptors (Lipinski definition) is 11. The molecule has 3 rings (SSSR count). The van der Waals surface area contributed by atoms with Gasteiger partial charge in [-0.15, -0.1) is 0 Å². The maximum absolute atomic E-state index is 15.5. The summed E-state index contributed by atoms with van der Waals surface area (Å²) in [7, 11) is 0. The average Bonchev–Trinajstić information content (AvgIpc) is 3.25. The molecule has 0 aromatic carbocycles. The Morgan fingerprint density at radius 2 is 2.19 bits per heavy atom. The van der Waals surface area contributed by atoms with Crippen molar-refractivity contribution in [1.29, 1.82) is 0 Å². The number of imidazole rings is 1. The summed E-state index contributed by atoms with van der Waals surface area (Å²) < 4.78 is 32.5. The number of carbonyl (C=O) groups excluding carboxylic acids is 1. The van der Waals surface area contributed by atoms with Crippen molar-refractivity contribution in [1.82, 2.24) is 19.5 Å². The van der Waals surface area contributed by atoms with Crippen LogP contribution < -0.4 is 16.2 Å². The van der Waals surface area contributed by atoms with Gasteiger partial charge in [0.25, 0.3) is 5.85 Å². The van der Waals surface area contributed by atoms with Crippen molar-refractivity contribution >= 4 is 23.1 Å². The van der Waals surface area contributed by atoms with E-state index in [1.807, 2.05) is 0 Å². The summed E-state index contributed by atoms with van der Waals surface area (Å²) in [6.07, 6.45) is -0.866. The van der Waals surface area contributed by atoms with Crippen molar-refractivity contribution in [2.24, 2.45) is 11.7 Å². The standard InChI is InChI=1S/C18H27FN6O6/c1-4-29-14-12-13(23-16(21)24-14)25(8-22-12)17(6-26)5-10(27)18(19,31-17)7-30-15(28)11(20)9(2)3/h8-11,26-27H,4-7,20H2,1-3H3,(H2,21,23,24)/t10-,11-,17-,18+/m0/s1. The van der Waals surface area contributed by atoms with Gasteiger partial charge in [0.15, 0.2) is 23.5 Å². The third kappa shape index (κ3) is 4.13. The van der Waals surface area contributed by atoms with Crippen molar-refractivity contribution in [2.75, 3.05) is 25.6 Å². The molecule has 0 saturated carbocycles. The lowest BCUT2D eigenvalue weighted by molar-refractivity contribution is -0.253. The molecule has 2 aromatic rings. The van der Waals surface area contributed by atoms with Crippen LogP contribution in [0, 0.1) is 5.92 Å². The second-order valence-corrected chi connectivity index (χ2v) is 7.70. The predicted molar refractivity (Wildman–Crippen MR) is 105 cm³/mol. The minimum Gasteiger partial charge on any atom is -0.476 e. The highest BCUT2D eigenvalue weighted by molar-refractivity contribution is 5.78. The fraction of sp³-hybridized carbons (Fsp3) is 0.667. The number of nitrogens with two attached hydrogens (primary N) is 2. The number of nitrogens with zero attached hydrogens (tertiary/aromatic N) is 4. The highest BCUT2D eigenvalue weighted by atomic mass is 19.2. The van der Waals surface area contributed by atoms with Crippen molar-refractivity contribution in [3.63, 3.8) is 0 Å². The number of anilines is 1. The summed E-state index contributed by atoms with van der Waals surface area (Å²) in [5, 5.41) is 20.5. The summed E-state index contributed by atoms with van der Waals surface area (Å²) in [4.78, 5) is 24.2. The Hall–Kier alpha value is -2.61. The van der Waals surface area contributed by atoms with Gasteiger partial charge in [0, 0.05) is 6.42 Å². The monoisotopic (exact) mass is 442 g/mol. The van der Waals surface area contributed by atoms with Crippen LogP contribution in [-0.2, 0) is 20.0 Å². The molecule has 13 heteroatoms. The van der Waals surface area contributed by atoms with Gasteiger partial charge in [0.1, 0.15) is 12.1 Å². The minimum absolute atomic E-state index is 0.110. The van der Waals surface area contributed by atoms with Crippen LogP contribution in [0.4, 0.5) is 10.3 Å². The Kier molecular flexibility index (Phi) is 6.32. The van der Waals surface area contributed by atoms with Crippen molar-refractivity contribution < 1.29 is 33.6 Å². The Balaban J connectivity index is 1.92. The first kappa shape index (κ1) is 23.1. The quantitative estimate of drug-likeness (QED) is 0.384. The number of carbonyl (C=O) groups is 1. The Morgan fingerprint density at radius 1 is 1.48 bits per heavy atom. The maximum Gasteiger partial charge on any atom is 0.323 e. The zero-order chi connectivity index (χ0) is 23.0. The van der Waals surface area contributed by atoms with Crippen LogP contribution in [0.15, 0.2) is 6.33 Å². The average molecular weight is 442 g/mol. The Morgan fingerprint density at radius 3 is 2.81 bits per heavy atom. The third-order valence-corrected chi connectivity index (χ3v) is 5.12. The Labute approximate surface area is 177 Å². The first-order valence-corrected chi connectivity index (χ1v) is 9.81. The molecular weight excluding hydrogens is 415 g/mol. The normalized spacial score (nSPS) is 27.0. The number of aliphatic hydroxyl groups excluding tert-OH is 2. The summed E-state index contributed by atoms with van der Waals surface area (Å²) in [6, 6.07) is -0.959. The third-order valence-electron chi connectivity index (χ3n) is 5.12. The van der Waals surface area contributed by atoms with Crippen LogP contribution in [-0.4, -0.2) is 73.5 Å². The lowest BCUT2D eigenvalue weighted by Crippen LogP contribution is -2.45. The zero-order valence-electron chi connectivity index (χ0n) is 17.5. The molecule has 2 aromatic heterocycles. The molecule has 1 fully saturated rings. The van der Waals surface area contributed by atoms with Crippen LogP contribution in [0.3, 0.4) is 0 Å². The van der Waals surface area contributed by atoms with Crippen molar-refractivity contribution in [3.8, 4) is 5.88 Å². The molecule has 1 aliphatic rings. The predicted octanol–water partition coefficient (Wildman–Crippen LogP) is -0.574. The van der Waals surface area contributed by atoms with Gasteiger partial charge in [0.2, 0.25) is 11.8 Å². The van der Waals surface area contributed by atoms with Crippen LogP contribution >= 0.6 is 0 Å². The first-order chi connectivity index (χ1) is 14.6. The number of halogens is 1. The summed E-state index contributed by atoms with van der Waals surface area (Å²) >= 11 is 0. The molecule has 6 N–H and O–H groups in total. The van der Waals surface area contributed by atoms with E-state index in [1.165, 1.54) is 10.9 Å². The van der Waals surface area contributed by atoms with Gasteiger partial charge in [-0.25, -0.2) is 9.37 Å². The summed E-state index contributed by atoms with van der Waals surface area (Å²) in [5.41, 5.74) is 9.98. The number of fused-ring (bicyclic) bond motifs is 1. The van der Waals surface area contributed by atoms with Crippen LogP contribution in [0.5, 0.6) is 5.88 Å². The minimum atomic E-state index is -2.80. The van der Waals surface area contributed by atoms with E-state index in [0.717, 1.165) is 0 Å². The van der Waals surface area contributed by atoms with Gasteiger partial charge >= 0.3 is 5.97 Å². The van der Waals surface area contributed by atoms with Gasteiger partial charge < -0.3 is 35.9 Å². The van der Waals surface area contributed by atoms with E-state index in [2.05, 4.69) is 15.0 Å². The van der Waals surface area contributed by atoms with E-state index in [4.69, 9.17) is 25.7 Å². The number of aliphatic hydroxyl groups is 2. The number of ether oxygens (including phenoxy) is 3. The van der Waals surface area contributed by atoms with E-state index in [-0.39, 0.29) is 41.9 Å². The van der Waals surface area contributed by atoms with Crippen LogP contribution in [0.1, 0.15) is 27.2 Å². The lowest BCUT2D eigenvalue weighted by atomic mass is 10.1. The van der Waals surface area contributed by atoms with Crippen LogP contribution in [0.25, 0.3) is 11.2 Å². The van der Waals surface area contributed by atoms with Gasteiger partial charge in [-0.05, 0) is 12.8 Å². The second-order valence-electron chi connectivity index (χ2n) is 7.70. The molecule has 1 saturated heterocycles. The fourth-order valence-electron chi connectivity index (χ4n) is 3.29. The molecule has 4 atom stereocenters. The molecular formula is C18H27FN6O6. The summed E-state index contributed by atoms with van der Waals surface area (Å²) in [5.74, 6) is -3.88. The fourth-order valence-corrected chi connectivity index (χ4v) is 3.29. The SMILES string of the molecule is CCOc1nc(N)nc2c1ncn2[C@@]1(CO)C[C@H](O)[C@@](F)(COC(=O)[C@@H](N)C(C)C)O1. The number of hydrogen-bond donors (Lipinski definition) is 4. The summed E-state index contributed by atoms with van der Waals surface area (Å²) in [6.45, 7) is 3.80. The molecule has 0 bridgehead atoms. The number of aromatic nitrogens is 4. The molecule has 172 valence electrons. The van der Waals surface area contributed by atoms with Crippen LogP contribution in [0.2, 0.25) is 0 Å². The van der Waals surface area contributed by atoms with E-state index in [9.17, 15) is 15.0 Å². The van der Waals surface area contributed by atoms with Gasteiger partial charge in [-0.3, -0.25) is 9.36 Å². The van der Waals surface area contributed by atoms with Gasteiger partial charge in [0.05, 0.1) is 19.5 Å². The molecule has 3 heterocycles. The van der Waals surface area contributed by atoms with Crippen molar-refractivity contribution in [3.05, 3.63) is 6.33 Å². The van der Waals surface area contributed by atoms with E-state index < -0.39 is 42.9 Å². The molecule has 0 aliphatic carbocycles. The highest BCUT2D eigenvalue weighted by Gasteiger charge is 2.59. The number of rotatable bonds is 8. The van der Waals surface area contributed by atoms with Gasteiger partial charge in [-0.2, -0.15) is 9.97 Å². The molecule has 12 nitrogen and oxygen atoms in total. The first-order valence-electron chi connectivity index (χ1n) is 9.81. The molecule has 0 amide bonds. The second kappa shape index (κ2) is 8.49. The molecule has 0 spiro atoms. The maximum atomic E-state index is 15.5. The number of alkyl halides is 1. The van der Waals surface area contributed by atoms with E-state index in [0.29, 0.717) is 0 Å². The van der Waals surface area contributed by atoms with Crippen molar-refractivity contribution in [2.45, 2.75) is 50.9 Å². The Bertz CT molecular complexity index is 957. The molecule has 0 unspecified atom stereocenters. The lowest BCUT2D eigenvalue weighted by Gasteiger charge is -2.30. The highest BCUT2D eigenvalue weighted by Crippen LogP contribution is 2.44. The number of esters is 1. The molecule has 0 radical (unpaired) electrons. The smallest absolute Gasteiger partial charge is 0.323 e. The molecule has 1 aliphatic heterocycles. The van der Waals surface area contributed by atoms with E-state index >= 15 is 4.39 Å². The molecule has 31 heavy (non-hydrogen) atoms. The van der Waals surface area contributed by atoms with E-state index in [1.54, 1.807) is 20.8 Å². The number of nitrogen functional groups attached to an aromatic ring is 1.